The van der Waals surface area contributed by atoms with E-state index in [4.69, 9.17) is 11.6 Å². The number of fused-ring (bicyclic) bond motifs is 1. The Bertz CT molecular complexity index is 1410. The zero-order valence-electron chi connectivity index (χ0n) is 17.7. The van der Waals surface area contributed by atoms with Crippen molar-refractivity contribution in [3.8, 4) is 11.4 Å². The van der Waals surface area contributed by atoms with Gasteiger partial charge in [-0.25, -0.2) is 14.6 Å². The molecule has 4 aromatic rings. The minimum absolute atomic E-state index is 0.0819. The number of aromatic nitrogens is 6. The van der Waals surface area contributed by atoms with Crippen LogP contribution in [-0.4, -0.2) is 36.8 Å². The van der Waals surface area contributed by atoms with Crippen molar-refractivity contribution >= 4 is 28.3 Å². The van der Waals surface area contributed by atoms with Gasteiger partial charge in [0, 0.05) is 43.0 Å². The molecule has 0 radical (unpaired) electrons. The average molecular weight is 476 g/mol. The first kappa shape index (κ1) is 22.6. The lowest BCUT2D eigenvalue weighted by Gasteiger charge is -2.27. The fourth-order valence-corrected chi connectivity index (χ4v) is 3.68. The molecule has 0 spiro atoms. The molecule has 0 N–H and O–H groups in total. The van der Waals surface area contributed by atoms with Gasteiger partial charge in [-0.3, -0.25) is 14.8 Å². The second-order valence-corrected chi connectivity index (χ2v) is 7.74. The number of anilines is 1. The molecule has 3 aromatic heterocycles. The first-order valence-corrected chi connectivity index (χ1v) is 10.1. The number of benzene rings is 1. The standard InChI is InChI=1S/C21H17ClF3N7O/c1-11(17-19(27-7-6-26-17)15-4-5-16(33)32(3)30-15)31(2)20-13-8-12(22)9-14(21(23,24)25)18(13)28-10-29-20/h4-11H,1-3H3/t11-/m0/s1. The predicted molar refractivity (Wildman–Crippen MR) is 117 cm³/mol. The normalized spacial score (nSPS) is 12.7. The molecule has 12 heteroatoms. The van der Waals surface area contributed by atoms with Crippen molar-refractivity contribution in [2.45, 2.75) is 19.1 Å². The highest BCUT2D eigenvalue weighted by molar-refractivity contribution is 6.31. The fourth-order valence-electron chi connectivity index (χ4n) is 3.46. The van der Waals surface area contributed by atoms with Crippen LogP contribution in [0.5, 0.6) is 0 Å². The molecule has 3 heterocycles. The van der Waals surface area contributed by atoms with E-state index < -0.39 is 17.8 Å². The van der Waals surface area contributed by atoms with Crippen LogP contribution in [0.1, 0.15) is 24.2 Å². The summed E-state index contributed by atoms with van der Waals surface area (Å²) in [5.74, 6) is 0.241. The lowest BCUT2D eigenvalue weighted by molar-refractivity contribution is -0.136. The summed E-state index contributed by atoms with van der Waals surface area (Å²) in [4.78, 5) is 30.3. The molecule has 0 amide bonds. The van der Waals surface area contributed by atoms with E-state index in [1.165, 1.54) is 42.3 Å². The number of rotatable bonds is 4. The molecule has 0 saturated carbocycles. The van der Waals surface area contributed by atoms with Gasteiger partial charge in [0.1, 0.15) is 23.5 Å². The molecule has 0 aliphatic rings. The molecule has 33 heavy (non-hydrogen) atoms. The molecule has 0 bridgehead atoms. The summed E-state index contributed by atoms with van der Waals surface area (Å²) in [7, 11) is 3.19. The van der Waals surface area contributed by atoms with Crippen LogP contribution in [0.3, 0.4) is 0 Å². The zero-order chi connectivity index (χ0) is 23.9. The molecule has 0 aliphatic carbocycles. The minimum atomic E-state index is -4.63. The molecule has 0 saturated heterocycles. The Balaban J connectivity index is 1.84. The SMILES string of the molecule is C[C@@H](c1nccnc1-c1ccc(=O)n(C)n1)N(C)c1ncnc2c(C(F)(F)F)cc(Cl)cc12. The second kappa shape index (κ2) is 8.39. The van der Waals surface area contributed by atoms with Gasteiger partial charge in [0.15, 0.2) is 0 Å². The van der Waals surface area contributed by atoms with Crippen LogP contribution in [0, 0.1) is 0 Å². The maximum atomic E-state index is 13.6. The Morgan fingerprint density at radius 2 is 1.82 bits per heavy atom. The maximum Gasteiger partial charge on any atom is 0.418 e. The second-order valence-electron chi connectivity index (χ2n) is 7.30. The molecule has 0 unspecified atom stereocenters. The summed E-state index contributed by atoms with van der Waals surface area (Å²) in [6.45, 7) is 1.80. The van der Waals surface area contributed by atoms with E-state index in [1.807, 2.05) is 0 Å². The molecular formula is C21H17ClF3N7O. The number of halogens is 4. The van der Waals surface area contributed by atoms with E-state index >= 15 is 0 Å². The van der Waals surface area contributed by atoms with E-state index in [0.29, 0.717) is 17.1 Å². The van der Waals surface area contributed by atoms with Crippen molar-refractivity contribution < 1.29 is 13.2 Å². The van der Waals surface area contributed by atoms with Crippen LogP contribution in [-0.2, 0) is 13.2 Å². The molecule has 1 aromatic carbocycles. The van der Waals surface area contributed by atoms with Crippen molar-refractivity contribution in [1.82, 2.24) is 29.7 Å². The Labute approximate surface area is 190 Å². The molecule has 1 atom stereocenters. The first-order chi connectivity index (χ1) is 15.6. The van der Waals surface area contributed by atoms with E-state index in [0.717, 1.165) is 12.4 Å². The molecule has 0 fully saturated rings. The van der Waals surface area contributed by atoms with Gasteiger partial charge in [-0.05, 0) is 25.1 Å². The van der Waals surface area contributed by atoms with Gasteiger partial charge in [0.25, 0.3) is 5.56 Å². The van der Waals surface area contributed by atoms with Crippen LogP contribution in [0.25, 0.3) is 22.3 Å². The van der Waals surface area contributed by atoms with Gasteiger partial charge in [0.05, 0.1) is 22.8 Å². The molecule has 170 valence electrons. The van der Waals surface area contributed by atoms with Crippen LogP contribution < -0.4 is 10.5 Å². The average Bonchev–Trinajstić information content (AvgIpc) is 2.78. The number of aryl methyl sites for hydroxylation is 1. The van der Waals surface area contributed by atoms with Crippen LogP contribution in [0.4, 0.5) is 19.0 Å². The van der Waals surface area contributed by atoms with Crippen molar-refractivity contribution in [3.05, 3.63) is 69.6 Å². The molecule has 4 rings (SSSR count). The third-order valence-electron chi connectivity index (χ3n) is 5.23. The highest BCUT2D eigenvalue weighted by Crippen LogP contribution is 2.39. The van der Waals surface area contributed by atoms with Crippen LogP contribution in [0.2, 0.25) is 5.02 Å². The number of hydrogen-bond donors (Lipinski definition) is 0. The first-order valence-electron chi connectivity index (χ1n) is 9.68. The van der Waals surface area contributed by atoms with Crippen molar-refractivity contribution in [1.29, 1.82) is 0 Å². The third-order valence-corrected chi connectivity index (χ3v) is 5.45. The smallest absolute Gasteiger partial charge is 0.351 e. The summed E-state index contributed by atoms with van der Waals surface area (Å²) >= 11 is 6.00. The Kier molecular flexibility index (Phi) is 5.75. The van der Waals surface area contributed by atoms with Gasteiger partial charge in [0.2, 0.25) is 0 Å². The Morgan fingerprint density at radius 3 is 2.52 bits per heavy atom. The van der Waals surface area contributed by atoms with Crippen molar-refractivity contribution in [2.24, 2.45) is 7.05 Å². The number of alkyl halides is 3. The van der Waals surface area contributed by atoms with Gasteiger partial charge in [-0.1, -0.05) is 11.6 Å². The van der Waals surface area contributed by atoms with E-state index in [-0.39, 0.29) is 27.3 Å². The maximum absolute atomic E-state index is 13.6. The van der Waals surface area contributed by atoms with Crippen LogP contribution in [0.15, 0.2) is 47.8 Å². The van der Waals surface area contributed by atoms with Crippen molar-refractivity contribution in [2.75, 3.05) is 11.9 Å². The topological polar surface area (TPSA) is 89.7 Å². The molecule has 0 aliphatic heterocycles. The lowest BCUT2D eigenvalue weighted by Crippen LogP contribution is -2.25. The van der Waals surface area contributed by atoms with E-state index in [1.54, 1.807) is 18.9 Å². The largest absolute Gasteiger partial charge is 0.418 e. The molecular weight excluding hydrogens is 459 g/mol. The predicted octanol–water partition coefficient (Wildman–Crippen LogP) is 4.05. The summed E-state index contributed by atoms with van der Waals surface area (Å²) in [6.07, 6.45) is -0.558. The van der Waals surface area contributed by atoms with Gasteiger partial charge < -0.3 is 4.90 Å². The van der Waals surface area contributed by atoms with Gasteiger partial charge in [-0.15, -0.1) is 0 Å². The zero-order valence-corrected chi connectivity index (χ0v) is 18.4. The fraction of sp³-hybridized carbons (Fsp3) is 0.238. The monoisotopic (exact) mass is 475 g/mol. The summed E-state index contributed by atoms with van der Waals surface area (Å²) in [5.41, 5.74) is -0.121. The Morgan fingerprint density at radius 1 is 1.09 bits per heavy atom. The van der Waals surface area contributed by atoms with Gasteiger partial charge >= 0.3 is 6.18 Å². The Hall–Kier alpha value is -3.60. The van der Waals surface area contributed by atoms with E-state index in [9.17, 15) is 18.0 Å². The van der Waals surface area contributed by atoms with Gasteiger partial charge in [-0.2, -0.15) is 18.3 Å². The van der Waals surface area contributed by atoms with E-state index in [2.05, 4.69) is 25.0 Å². The summed E-state index contributed by atoms with van der Waals surface area (Å²) in [5, 5.41) is 4.30. The number of nitrogens with zero attached hydrogens (tertiary/aromatic N) is 7. The quantitative estimate of drug-likeness (QED) is 0.440. The summed E-state index contributed by atoms with van der Waals surface area (Å²) < 4.78 is 41.9. The molecule has 8 nitrogen and oxygen atoms in total. The van der Waals surface area contributed by atoms with Crippen molar-refractivity contribution in [3.63, 3.8) is 0 Å². The highest BCUT2D eigenvalue weighted by atomic mass is 35.5. The number of hydrogen-bond acceptors (Lipinski definition) is 7. The van der Waals surface area contributed by atoms with Crippen LogP contribution >= 0.6 is 11.6 Å². The third kappa shape index (κ3) is 4.23. The minimum Gasteiger partial charge on any atom is -0.351 e. The highest BCUT2D eigenvalue weighted by Gasteiger charge is 2.35. The summed E-state index contributed by atoms with van der Waals surface area (Å²) in [6, 6.07) is 4.66. The lowest BCUT2D eigenvalue weighted by atomic mass is 10.1.